The van der Waals surface area contributed by atoms with E-state index in [4.69, 9.17) is 0 Å². The highest BCUT2D eigenvalue weighted by Crippen LogP contribution is 2.41. The lowest BCUT2D eigenvalue weighted by Gasteiger charge is -2.20. The number of hydrogen-bond donors (Lipinski definition) is 0. The summed E-state index contributed by atoms with van der Waals surface area (Å²) in [5.41, 5.74) is 11.2. The van der Waals surface area contributed by atoms with Gasteiger partial charge in [-0.15, -0.1) is 0 Å². The number of aromatic nitrogens is 2. The second kappa shape index (κ2) is 9.73. The third-order valence-electron chi connectivity index (χ3n) is 8.66. The summed E-state index contributed by atoms with van der Waals surface area (Å²) in [6, 6.07) is 46.5. The van der Waals surface area contributed by atoms with Crippen molar-refractivity contribution in [3.63, 3.8) is 0 Å². The largest absolute Gasteiger partial charge is 0.307 e. The number of benzene rings is 6. The minimum absolute atomic E-state index is 0.557. The first-order valence-corrected chi connectivity index (χ1v) is 14.6. The molecule has 6 aromatic carbocycles. The lowest BCUT2D eigenvalue weighted by Crippen LogP contribution is -2.07. The monoisotopic (exact) mass is 562 g/mol. The van der Waals surface area contributed by atoms with E-state index in [-0.39, 0.29) is 0 Å². The first kappa shape index (κ1) is 25.6. The van der Waals surface area contributed by atoms with Crippen LogP contribution in [0.3, 0.4) is 0 Å². The molecule has 8 rings (SSSR count). The zero-order valence-electron chi connectivity index (χ0n) is 24.3. The maximum Gasteiger partial charge on any atom is 0.101 e. The van der Waals surface area contributed by atoms with Crippen molar-refractivity contribution in [3.05, 3.63) is 144 Å². The van der Waals surface area contributed by atoms with E-state index in [0.717, 1.165) is 60.7 Å². The number of nitriles is 2. The summed E-state index contributed by atoms with van der Waals surface area (Å²) >= 11 is 0. The van der Waals surface area contributed by atoms with E-state index < -0.39 is 0 Å². The Morgan fingerprint density at radius 2 is 1.07 bits per heavy atom. The fourth-order valence-electron chi connectivity index (χ4n) is 6.72. The molecule has 0 aliphatic carbocycles. The van der Waals surface area contributed by atoms with Crippen molar-refractivity contribution in [2.75, 3.05) is 0 Å². The summed E-state index contributed by atoms with van der Waals surface area (Å²) in [6.45, 7) is 4.23. The number of para-hydroxylation sites is 2. The van der Waals surface area contributed by atoms with Gasteiger partial charge in [-0.05, 0) is 85.6 Å². The molecule has 4 nitrogen and oxygen atoms in total. The average molecular weight is 563 g/mol. The van der Waals surface area contributed by atoms with Gasteiger partial charge in [0.2, 0.25) is 0 Å². The number of fused-ring (bicyclic) bond motifs is 6. The second-order valence-corrected chi connectivity index (χ2v) is 11.4. The molecule has 206 valence electrons. The fourth-order valence-corrected chi connectivity index (χ4v) is 6.72. The van der Waals surface area contributed by atoms with Gasteiger partial charge in [0.25, 0.3) is 0 Å². The van der Waals surface area contributed by atoms with Gasteiger partial charge >= 0.3 is 0 Å². The first-order valence-electron chi connectivity index (χ1n) is 14.6. The van der Waals surface area contributed by atoms with Crippen molar-refractivity contribution in [1.82, 2.24) is 9.13 Å². The Kier molecular flexibility index (Phi) is 5.66. The summed E-state index contributed by atoms with van der Waals surface area (Å²) in [5.74, 6) is 0. The van der Waals surface area contributed by atoms with Crippen molar-refractivity contribution in [1.29, 1.82) is 10.5 Å². The molecule has 4 heteroatoms. The topological polar surface area (TPSA) is 57.4 Å². The van der Waals surface area contributed by atoms with Gasteiger partial charge in [0.05, 0.1) is 50.6 Å². The molecular weight excluding hydrogens is 536 g/mol. The number of rotatable bonds is 3. The van der Waals surface area contributed by atoms with Crippen LogP contribution in [0.25, 0.3) is 66.1 Å². The summed E-state index contributed by atoms with van der Waals surface area (Å²) in [7, 11) is 0. The zero-order chi connectivity index (χ0) is 29.9. The molecule has 0 N–H and O–H groups in total. The van der Waals surface area contributed by atoms with Gasteiger partial charge < -0.3 is 9.13 Å². The summed E-state index contributed by atoms with van der Waals surface area (Å²) in [4.78, 5) is 0. The highest BCUT2D eigenvalue weighted by molar-refractivity contribution is 6.12. The molecule has 0 fully saturated rings. The summed E-state index contributed by atoms with van der Waals surface area (Å²) in [5, 5.41) is 25.1. The van der Waals surface area contributed by atoms with Crippen LogP contribution in [0.1, 0.15) is 22.3 Å². The van der Waals surface area contributed by atoms with Crippen LogP contribution >= 0.6 is 0 Å². The van der Waals surface area contributed by atoms with Crippen LogP contribution in [0.15, 0.2) is 121 Å². The molecule has 2 heterocycles. The van der Waals surface area contributed by atoms with E-state index in [1.165, 1.54) is 16.5 Å². The molecular formula is C40H26N4. The highest BCUT2D eigenvalue weighted by Gasteiger charge is 2.23. The van der Waals surface area contributed by atoms with Crippen molar-refractivity contribution < 1.29 is 0 Å². The van der Waals surface area contributed by atoms with Gasteiger partial charge in [0, 0.05) is 21.5 Å². The quantitative estimate of drug-likeness (QED) is 0.215. The SMILES string of the molecule is Cc1ccc2c(c1)c1ccccc1n2-c1cc(-c2cccc(C#N)c2)cc(C#N)c1-n1c2ccccc2c2cc(C)ccc21. The van der Waals surface area contributed by atoms with Crippen molar-refractivity contribution in [3.8, 4) is 34.6 Å². The Labute approximate surface area is 254 Å². The first-order chi connectivity index (χ1) is 21.6. The van der Waals surface area contributed by atoms with Crippen LogP contribution in [0.4, 0.5) is 0 Å². The predicted octanol–water partition coefficient (Wildman–Crippen LogP) is 9.91. The van der Waals surface area contributed by atoms with Crippen molar-refractivity contribution in [2.24, 2.45) is 0 Å². The van der Waals surface area contributed by atoms with Crippen molar-refractivity contribution in [2.45, 2.75) is 13.8 Å². The number of aryl methyl sites for hydroxylation is 2. The Morgan fingerprint density at radius 1 is 0.477 bits per heavy atom. The minimum atomic E-state index is 0.557. The molecule has 2 aromatic heterocycles. The van der Waals surface area contributed by atoms with Crippen molar-refractivity contribution >= 4 is 43.6 Å². The maximum absolute atomic E-state index is 10.8. The van der Waals surface area contributed by atoms with Gasteiger partial charge in [-0.25, -0.2) is 0 Å². The Hall–Kier alpha value is -6.10. The molecule has 0 radical (unpaired) electrons. The summed E-state index contributed by atoms with van der Waals surface area (Å²) in [6.07, 6.45) is 0. The van der Waals surface area contributed by atoms with E-state index >= 15 is 0 Å². The molecule has 0 bridgehead atoms. The molecule has 8 aromatic rings. The predicted molar refractivity (Wildman–Crippen MR) is 179 cm³/mol. The van der Waals surface area contributed by atoms with E-state index in [0.29, 0.717) is 11.1 Å². The Balaban J connectivity index is 1.59. The minimum Gasteiger partial charge on any atom is -0.307 e. The van der Waals surface area contributed by atoms with E-state index in [9.17, 15) is 10.5 Å². The highest BCUT2D eigenvalue weighted by atomic mass is 15.1. The van der Waals surface area contributed by atoms with Gasteiger partial charge in [-0.1, -0.05) is 71.8 Å². The number of nitrogens with zero attached hydrogens (tertiary/aromatic N) is 4. The van der Waals surface area contributed by atoms with E-state index in [1.54, 1.807) is 6.07 Å². The lowest BCUT2D eigenvalue weighted by atomic mass is 9.98. The average Bonchev–Trinajstić information content (AvgIpc) is 3.56. The summed E-state index contributed by atoms with van der Waals surface area (Å²) < 4.78 is 4.55. The molecule has 0 amide bonds. The fraction of sp³-hybridized carbons (Fsp3) is 0.0500. The molecule has 0 saturated carbocycles. The third kappa shape index (κ3) is 3.76. The van der Waals surface area contributed by atoms with Crippen LogP contribution in [-0.4, -0.2) is 9.13 Å². The van der Waals surface area contributed by atoms with Crippen LogP contribution in [0.2, 0.25) is 0 Å². The molecule has 0 saturated heterocycles. The van der Waals surface area contributed by atoms with Crippen LogP contribution in [-0.2, 0) is 0 Å². The van der Waals surface area contributed by atoms with Crippen LogP contribution in [0, 0.1) is 36.5 Å². The van der Waals surface area contributed by atoms with E-state index in [2.05, 4.69) is 126 Å². The Morgan fingerprint density at radius 3 is 1.70 bits per heavy atom. The molecule has 44 heavy (non-hydrogen) atoms. The smallest absolute Gasteiger partial charge is 0.101 e. The van der Waals surface area contributed by atoms with E-state index in [1.807, 2.05) is 24.3 Å². The van der Waals surface area contributed by atoms with Gasteiger partial charge in [0.15, 0.2) is 0 Å². The third-order valence-corrected chi connectivity index (χ3v) is 8.66. The molecule has 0 atom stereocenters. The molecule has 0 aliphatic rings. The maximum atomic E-state index is 10.8. The Bertz CT molecular complexity index is 2550. The lowest BCUT2D eigenvalue weighted by molar-refractivity contribution is 1.09. The van der Waals surface area contributed by atoms with Gasteiger partial charge in [0.1, 0.15) is 6.07 Å². The molecule has 0 unspecified atom stereocenters. The standard InChI is InChI=1S/C40H26N4/c1-25-14-16-37-33(18-25)31-10-3-5-12-35(31)43(37)39-22-29(28-9-7-8-27(20-28)23-41)21-30(24-42)40(39)44-36-13-6-4-11-32(36)34-19-26(2)15-17-38(34)44/h3-22H,1-2H3. The molecule has 0 aliphatic heterocycles. The number of hydrogen-bond acceptors (Lipinski definition) is 2. The van der Waals surface area contributed by atoms with Gasteiger partial charge in [-0.2, -0.15) is 10.5 Å². The zero-order valence-corrected chi connectivity index (χ0v) is 24.3. The van der Waals surface area contributed by atoms with Gasteiger partial charge in [-0.3, -0.25) is 0 Å². The second-order valence-electron chi connectivity index (χ2n) is 11.4. The van der Waals surface area contributed by atoms with Crippen LogP contribution in [0.5, 0.6) is 0 Å². The normalized spacial score (nSPS) is 11.4. The molecule has 0 spiro atoms. The van der Waals surface area contributed by atoms with Crippen LogP contribution < -0.4 is 0 Å².